The number of carbonyl (C=O) groups excluding carboxylic acids is 2. The summed E-state index contributed by atoms with van der Waals surface area (Å²) in [5, 5.41) is 21.7. The summed E-state index contributed by atoms with van der Waals surface area (Å²) in [6.45, 7) is 6.34. The quantitative estimate of drug-likeness (QED) is 0.490. The highest BCUT2D eigenvalue weighted by atomic mass is 35.5. The average Bonchev–Trinajstić information content (AvgIpc) is 2.89. The van der Waals surface area contributed by atoms with Crippen molar-refractivity contribution in [1.82, 2.24) is 14.9 Å². The van der Waals surface area contributed by atoms with E-state index in [1.54, 1.807) is 31.5 Å². The van der Waals surface area contributed by atoms with Crippen molar-refractivity contribution in [3.8, 4) is 6.07 Å². The Morgan fingerprint density at radius 2 is 1.81 bits per heavy atom. The predicted octanol–water partition coefficient (Wildman–Crippen LogP) is 4.40. The number of aliphatic hydroxyl groups is 1. The lowest BCUT2D eigenvalue weighted by Gasteiger charge is -2.45. The number of nitrogens with zero attached hydrogens (tertiary/aromatic N) is 5. The molecule has 1 aromatic heterocycles. The van der Waals surface area contributed by atoms with Gasteiger partial charge in [0.25, 0.3) is 0 Å². The maximum atomic E-state index is 11.3. The number of piperazine rings is 1. The van der Waals surface area contributed by atoms with Crippen molar-refractivity contribution < 1.29 is 14.7 Å². The molecule has 0 aliphatic carbocycles. The lowest BCUT2D eigenvalue weighted by Crippen LogP contribution is -2.52. The fraction of sp³-hybridized carbons (Fsp3) is 0.333. The van der Waals surface area contributed by atoms with Crippen LogP contribution in [0, 0.1) is 11.3 Å². The third-order valence-electron chi connectivity index (χ3n) is 6.26. The molecule has 0 spiro atoms. The first-order valence-corrected chi connectivity index (χ1v) is 12.4. The normalized spacial score (nSPS) is 17.1. The summed E-state index contributed by atoms with van der Waals surface area (Å²) in [7, 11) is 0. The molecule has 37 heavy (non-hydrogen) atoms. The Balaban J connectivity index is 0.00000121. The number of rotatable bonds is 6. The van der Waals surface area contributed by atoms with Crippen LogP contribution in [0.15, 0.2) is 54.9 Å². The molecule has 1 N–H and O–H groups in total. The van der Waals surface area contributed by atoms with E-state index in [1.807, 2.05) is 37.3 Å². The van der Waals surface area contributed by atoms with E-state index in [0.717, 1.165) is 29.9 Å². The molecular formula is C27H27Cl2N5O3. The van der Waals surface area contributed by atoms with Gasteiger partial charge < -0.3 is 10.0 Å². The number of benzene rings is 2. The molecule has 1 saturated heterocycles. The number of aryl methyl sites for hydroxylation is 1. The Kier molecular flexibility index (Phi) is 9.76. The molecule has 0 unspecified atom stereocenters. The minimum Gasteiger partial charge on any atom is -0.382 e. The number of halogens is 2. The van der Waals surface area contributed by atoms with Crippen LogP contribution in [0.3, 0.4) is 0 Å². The Bertz CT molecular complexity index is 1270. The molecule has 2 heterocycles. The molecule has 4 rings (SSSR count). The first-order chi connectivity index (χ1) is 17.7. The zero-order chi connectivity index (χ0) is 27.0. The average molecular weight is 540 g/mol. The first-order valence-electron chi connectivity index (χ1n) is 11.7. The Morgan fingerprint density at radius 1 is 1.11 bits per heavy atom. The molecule has 0 radical (unpaired) electrons. The highest BCUT2D eigenvalue weighted by Gasteiger charge is 2.34. The fourth-order valence-corrected chi connectivity index (χ4v) is 4.80. The highest BCUT2D eigenvalue weighted by molar-refractivity contribution is 6.33. The van der Waals surface area contributed by atoms with Gasteiger partial charge in [0.15, 0.2) is 0 Å². The van der Waals surface area contributed by atoms with Crippen molar-refractivity contribution in [2.24, 2.45) is 0 Å². The lowest BCUT2D eigenvalue weighted by molar-refractivity contribution is -0.191. The van der Waals surface area contributed by atoms with Gasteiger partial charge in [0, 0.05) is 37.4 Å². The van der Waals surface area contributed by atoms with Gasteiger partial charge in [0.05, 0.1) is 46.0 Å². The molecule has 10 heteroatoms. The number of hydrogen-bond donors (Lipinski definition) is 1. The molecule has 8 nitrogen and oxygen atoms in total. The second-order valence-corrected chi connectivity index (χ2v) is 9.72. The van der Waals surface area contributed by atoms with Gasteiger partial charge >= 0.3 is 6.15 Å². The minimum atomic E-state index is -1.14. The molecule has 1 aliphatic heterocycles. The predicted molar refractivity (Wildman–Crippen MR) is 140 cm³/mol. The molecule has 192 valence electrons. The van der Waals surface area contributed by atoms with Crippen molar-refractivity contribution in [1.29, 1.82) is 5.26 Å². The second-order valence-electron chi connectivity index (χ2n) is 8.88. The summed E-state index contributed by atoms with van der Waals surface area (Å²) < 4.78 is 0. The van der Waals surface area contributed by atoms with E-state index < -0.39 is 5.60 Å². The number of hydrogen-bond acceptors (Lipinski definition) is 8. The lowest BCUT2D eigenvalue weighted by atomic mass is 9.97. The highest BCUT2D eigenvalue weighted by Crippen LogP contribution is 2.36. The molecule has 1 aliphatic rings. The third kappa shape index (κ3) is 7.14. The molecule has 1 fully saturated rings. The first kappa shape index (κ1) is 28.3. The van der Waals surface area contributed by atoms with Crippen LogP contribution in [-0.2, 0) is 21.6 Å². The van der Waals surface area contributed by atoms with Gasteiger partial charge in [-0.25, -0.2) is 0 Å². The van der Waals surface area contributed by atoms with Gasteiger partial charge in [-0.05, 0) is 49.2 Å². The Hall–Kier alpha value is -3.31. The monoisotopic (exact) mass is 539 g/mol. The van der Waals surface area contributed by atoms with Crippen molar-refractivity contribution >= 4 is 35.0 Å². The van der Waals surface area contributed by atoms with Crippen molar-refractivity contribution in [3.63, 3.8) is 0 Å². The van der Waals surface area contributed by atoms with Gasteiger partial charge in [-0.3, -0.25) is 14.9 Å². The smallest absolute Gasteiger partial charge is 0.373 e. The molecule has 3 aromatic rings. The van der Waals surface area contributed by atoms with E-state index in [1.165, 1.54) is 0 Å². The number of anilines is 1. The largest absolute Gasteiger partial charge is 0.382 e. The zero-order valence-corrected chi connectivity index (χ0v) is 22.1. The summed E-state index contributed by atoms with van der Waals surface area (Å²) in [5.41, 5.74) is 2.83. The maximum absolute atomic E-state index is 11.3. The van der Waals surface area contributed by atoms with Crippen LogP contribution in [-0.4, -0.2) is 52.3 Å². The van der Waals surface area contributed by atoms with E-state index >= 15 is 0 Å². The van der Waals surface area contributed by atoms with Crippen LogP contribution in [0.1, 0.15) is 42.4 Å². The van der Waals surface area contributed by atoms with Gasteiger partial charge in [-0.1, -0.05) is 42.3 Å². The van der Waals surface area contributed by atoms with E-state index in [4.69, 9.17) is 32.8 Å². The topological polar surface area (TPSA) is 110 Å². The Morgan fingerprint density at radius 3 is 2.38 bits per heavy atom. The summed E-state index contributed by atoms with van der Waals surface area (Å²) in [4.78, 5) is 29.6. The van der Waals surface area contributed by atoms with E-state index in [2.05, 4.69) is 25.8 Å². The molecule has 0 amide bonds. The molecule has 0 saturated carbocycles. The van der Waals surface area contributed by atoms with Crippen LogP contribution < -0.4 is 4.90 Å². The zero-order valence-electron chi connectivity index (χ0n) is 20.6. The molecule has 0 bridgehead atoms. The van der Waals surface area contributed by atoms with Gasteiger partial charge in [0.1, 0.15) is 5.60 Å². The van der Waals surface area contributed by atoms with Crippen LogP contribution in [0.5, 0.6) is 0 Å². The number of nitriles is 1. The molecular weight excluding hydrogens is 513 g/mol. The van der Waals surface area contributed by atoms with Crippen LogP contribution >= 0.6 is 23.2 Å². The van der Waals surface area contributed by atoms with Crippen LogP contribution in [0.4, 0.5) is 5.69 Å². The van der Waals surface area contributed by atoms with E-state index in [9.17, 15) is 10.4 Å². The SMILES string of the molecule is CCc1cnc([C@](C)(O)CN2CCN(c3ccc(C#N)cc3Cl)[C@H](c3ccc(Cl)cc3)C2)cn1.O=C=O. The number of β-amino-alcohol motifs (C(OH)–C–C–N with tert-alkyl or cyclic N) is 1. The minimum absolute atomic E-state index is 0.0131. The van der Waals surface area contributed by atoms with Crippen molar-refractivity contribution in [2.45, 2.75) is 31.9 Å². The fourth-order valence-electron chi connectivity index (χ4n) is 4.38. The molecule has 2 aromatic carbocycles. The van der Waals surface area contributed by atoms with Crippen LogP contribution in [0.25, 0.3) is 0 Å². The van der Waals surface area contributed by atoms with Gasteiger partial charge in [0.2, 0.25) is 0 Å². The van der Waals surface area contributed by atoms with E-state index in [0.29, 0.717) is 40.9 Å². The Labute approximate surface area is 226 Å². The summed E-state index contributed by atoms with van der Waals surface area (Å²) >= 11 is 12.7. The summed E-state index contributed by atoms with van der Waals surface area (Å²) in [5.74, 6) is 0. The van der Waals surface area contributed by atoms with Gasteiger partial charge in [-0.15, -0.1) is 0 Å². The third-order valence-corrected chi connectivity index (χ3v) is 6.81. The summed E-state index contributed by atoms with van der Waals surface area (Å²) in [6, 6.07) is 15.3. The maximum Gasteiger partial charge on any atom is 0.373 e. The van der Waals surface area contributed by atoms with Crippen molar-refractivity contribution in [3.05, 3.63) is 87.4 Å². The number of aromatic nitrogens is 2. The van der Waals surface area contributed by atoms with Crippen molar-refractivity contribution in [2.75, 3.05) is 31.1 Å². The summed E-state index contributed by atoms with van der Waals surface area (Å²) in [6.07, 6.45) is 4.45. The molecule has 2 atom stereocenters. The van der Waals surface area contributed by atoms with E-state index in [-0.39, 0.29) is 12.2 Å². The second kappa shape index (κ2) is 12.8. The van der Waals surface area contributed by atoms with Crippen LogP contribution in [0.2, 0.25) is 10.0 Å². The standard InChI is InChI=1S/C26H27Cl2N5O.CO2/c1-3-21-14-31-25(15-30-21)26(2,34)17-32-10-11-33(23-9-4-18(13-29)12-22(23)28)24(16-32)19-5-7-20(27)8-6-19;2-1-3/h4-9,12,14-15,24,34H,3,10-11,16-17H2,1-2H3;/t24-,26+;/m0./s1. The van der Waals surface area contributed by atoms with Gasteiger partial charge in [-0.2, -0.15) is 14.9 Å².